The molecule has 1 fully saturated rings. The van der Waals surface area contributed by atoms with Crippen molar-refractivity contribution < 1.29 is 29.6 Å². The number of benzene rings is 1. The Bertz CT molecular complexity index is 538. The smallest absolute Gasteiger partial charge is 0.328 e. The van der Waals surface area contributed by atoms with Gasteiger partial charge in [-0.05, 0) is 18.4 Å². The lowest BCUT2D eigenvalue weighted by Crippen LogP contribution is -2.31. The van der Waals surface area contributed by atoms with E-state index in [1.54, 1.807) is 0 Å². The number of rotatable bonds is 9. The molecule has 7 heteroatoms. The van der Waals surface area contributed by atoms with Crippen molar-refractivity contribution in [1.82, 2.24) is 5.32 Å². The molecule has 1 unspecified atom stereocenters. The number of hydrogen-bond donors (Lipinski definition) is 4. The van der Waals surface area contributed by atoms with E-state index in [4.69, 9.17) is 14.9 Å². The summed E-state index contributed by atoms with van der Waals surface area (Å²) in [5.74, 6) is -2.51. The zero-order chi connectivity index (χ0) is 19.2. The molecule has 4 N–H and O–H groups in total. The van der Waals surface area contributed by atoms with Gasteiger partial charge in [-0.25, -0.2) is 9.59 Å². The molecule has 1 aromatic carbocycles. The lowest BCUT2D eigenvalue weighted by atomic mass is 10.2. The fourth-order valence-electron chi connectivity index (χ4n) is 2.48. The summed E-state index contributed by atoms with van der Waals surface area (Å²) in [7, 11) is 0. The number of carboxylic acid groups (broad SMARTS) is 2. The number of hydrogen-bond acceptors (Lipinski definition) is 5. The highest BCUT2D eigenvalue weighted by atomic mass is 16.5. The van der Waals surface area contributed by atoms with Crippen LogP contribution in [0.15, 0.2) is 42.5 Å². The van der Waals surface area contributed by atoms with Gasteiger partial charge in [0.2, 0.25) is 0 Å². The molecule has 1 aliphatic carbocycles. The fraction of sp³-hybridized carbons (Fsp3) is 0.474. The van der Waals surface area contributed by atoms with Gasteiger partial charge < -0.3 is 25.4 Å². The maximum absolute atomic E-state index is 9.80. The summed E-state index contributed by atoms with van der Waals surface area (Å²) < 4.78 is 5.68. The molecule has 1 aromatic rings. The molecule has 144 valence electrons. The van der Waals surface area contributed by atoms with Crippen molar-refractivity contribution in [2.24, 2.45) is 0 Å². The normalized spacial score (nSPS) is 15.4. The predicted octanol–water partition coefficient (Wildman–Crippen LogP) is 1.81. The number of aliphatic hydroxyl groups is 1. The molecule has 0 radical (unpaired) electrons. The molecule has 1 saturated carbocycles. The van der Waals surface area contributed by atoms with Gasteiger partial charge in [0.15, 0.2) is 0 Å². The van der Waals surface area contributed by atoms with Crippen molar-refractivity contribution in [1.29, 1.82) is 0 Å². The SMILES string of the molecule is O=C(O)/C=C\C(=O)O.OC(CNCc1ccccc1)COC1CCCC1. The van der Waals surface area contributed by atoms with Crippen molar-refractivity contribution in [3.63, 3.8) is 0 Å². The number of aliphatic hydroxyl groups excluding tert-OH is 1. The van der Waals surface area contributed by atoms with E-state index in [0.717, 1.165) is 19.4 Å². The number of aliphatic carboxylic acids is 2. The van der Waals surface area contributed by atoms with Gasteiger partial charge in [-0.1, -0.05) is 43.2 Å². The first-order valence-electron chi connectivity index (χ1n) is 8.65. The Morgan fingerprint density at radius 3 is 2.23 bits per heavy atom. The third kappa shape index (κ3) is 11.4. The van der Waals surface area contributed by atoms with Gasteiger partial charge in [-0.2, -0.15) is 0 Å². The van der Waals surface area contributed by atoms with E-state index >= 15 is 0 Å². The topological polar surface area (TPSA) is 116 Å². The van der Waals surface area contributed by atoms with Crippen LogP contribution in [-0.2, 0) is 20.9 Å². The lowest BCUT2D eigenvalue weighted by molar-refractivity contribution is -0.134. The minimum absolute atomic E-state index is 0.383. The van der Waals surface area contributed by atoms with E-state index < -0.39 is 18.0 Å². The van der Waals surface area contributed by atoms with Gasteiger partial charge in [-0.3, -0.25) is 0 Å². The molecule has 2 rings (SSSR count). The minimum Gasteiger partial charge on any atom is -0.478 e. The summed E-state index contributed by atoms with van der Waals surface area (Å²) in [4.78, 5) is 19.1. The molecule has 0 bridgehead atoms. The summed E-state index contributed by atoms with van der Waals surface area (Å²) in [6.45, 7) is 1.83. The number of ether oxygens (including phenoxy) is 1. The first-order chi connectivity index (χ1) is 12.5. The van der Waals surface area contributed by atoms with Crippen LogP contribution in [0.5, 0.6) is 0 Å². The van der Waals surface area contributed by atoms with Crippen LogP contribution >= 0.6 is 0 Å². The van der Waals surface area contributed by atoms with E-state index in [1.807, 2.05) is 18.2 Å². The van der Waals surface area contributed by atoms with Gasteiger partial charge in [0.1, 0.15) is 0 Å². The Morgan fingerprint density at radius 1 is 1.12 bits per heavy atom. The number of carboxylic acids is 2. The minimum atomic E-state index is -1.26. The first-order valence-corrected chi connectivity index (χ1v) is 8.65. The summed E-state index contributed by atoms with van der Waals surface area (Å²) in [6.07, 6.45) is 5.95. The van der Waals surface area contributed by atoms with Crippen molar-refractivity contribution in [3.8, 4) is 0 Å². The Morgan fingerprint density at radius 2 is 1.69 bits per heavy atom. The van der Waals surface area contributed by atoms with E-state index in [0.29, 0.717) is 31.4 Å². The molecule has 1 atom stereocenters. The van der Waals surface area contributed by atoms with Gasteiger partial charge in [0.05, 0.1) is 18.8 Å². The highest BCUT2D eigenvalue weighted by Crippen LogP contribution is 2.20. The quantitative estimate of drug-likeness (QED) is 0.493. The van der Waals surface area contributed by atoms with Crippen molar-refractivity contribution in [2.45, 2.75) is 44.4 Å². The lowest BCUT2D eigenvalue weighted by Gasteiger charge is -2.16. The molecule has 0 aliphatic heterocycles. The summed E-state index contributed by atoms with van der Waals surface area (Å²) in [5.41, 5.74) is 1.24. The highest BCUT2D eigenvalue weighted by Gasteiger charge is 2.16. The average molecular weight is 365 g/mol. The van der Waals surface area contributed by atoms with Gasteiger partial charge in [0.25, 0.3) is 0 Å². The molecule has 0 aromatic heterocycles. The zero-order valence-electron chi connectivity index (χ0n) is 14.7. The molecule has 7 nitrogen and oxygen atoms in total. The second-order valence-corrected chi connectivity index (χ2v) is 6.02. The monoisotopic (exact) mass is 365 g/mol. The van der Waals surface area contributed by atoms with Crippen LogP contribution in [0.1, 0.15) is 31.2 Å². The zero-order valence-corrected chi connectivity index (χ0v) is 14.7. The summed E-state index contributed by atoms with van der Waals surface area (Å²) in [5, 5.41) is 28.7. The second kappa shape index (κ2) is 13.0. The highest BCUT2D eigenvalue weighted by molar-refractivity contribution is 5.89. The van der Waals surface area contributed by atoms with Crippen LogP contribution in [0.3, 0.4) is 0 Å². The second-order valence-electron chi connectivity index (χ2n) is 6.02. The third-order valence-electron chi connectivity index (χ3n) is 3.75. The van der Waals surface area contributed by atoms with E-state index in [1.165, 1.54) is 18.4 Å². The predicted molar refractivity (Wildman–Crippen MR) is 96.8 cm³/mol. The Labute approximate surface area is 153 Å². The maximum Gasteiger partial charge on any atom is 0.328 e. The Kier molecular flexibility index (Phi) is 10.9. The van der Waals surface area contributed by atoms with Crippen LogP contribution in [0.4, 0.5) is 0 Å². The largest absolute Gasteiger partial charge is 0.478 e. The third-order valence-corrected chi connectivity index (χ3v) is 3.75. The van der Waals surface area contributed by atoms with Crippen molar-refractivity contribution >= 4 is 11.9 Å². The van der Waals surface area contributed by atoms with Crippen LogP contribution in [0, 0.1) is 0 Å². The van der Waals surface area contributed by atoms with Gasteiger partial charge in [0, 0.05) is 25.2 Å². The van der Waals surface area contributed by atoms with Crippen LogP contribution in [-0.4, -0.2) is 52.6 Å². The van der Waals surface area contributed by atoms with Gasteiger partial charge in [-0.15, -0.1) is 0 Å². The average Bonchev–Trinajstić information content (AvgIpc) is 3.13. The molecule has 1 aliphatic rings. The van der Waals surface area contributed by atoms with E-state index in [2.05, 4.69) is 17.4 Å². The van der Waals surface area contributed by atoms with Crippen molar-refractivity contribution in [3.05, 3.63) is 48.0 Å². The van der Waals surface area contributed by atoms with Crippen LogP contribution in [0.2, 0.25) is 0 Å². The molecule has 26 heavy (non-hydrogen) atoms. The summed E-state index contributed by atoms with van der Waals surface area (Å²) >= 11 is 0. The molecule has 0 saturated heterocycles. The van der Waals surface area contributed by atoms with Crippen molar-refractivity contribution in [2.75, 3.05) is 13.2 Å². The standard InChI is InChI=1S/C15H23NO2.C4H4O4/c17-14(12-18-15-8-4-5-9-15)11-16-10-13-6-2-1-3-7-13;5-3(6)1-2-4(7)8/h1-3,6-7,14-17H,4-5,8-12H2;1-2H,(H,5,6)(H,7,8)/b;2-1-. The molecule has 0 spiro atoms. The maximum atomic E-state index is 9.80. The molecular formula is C19H27NO6. The van der Waals surface area contributed by atoms with E-state index in [-0.39, 0.29) is 0 Å². The molecular weight excluding hydrogens is 338 g/mol. The van der Waals surface area contributed by atoms with Crippen LogP contribution in [0.25, 0.3) is 0 Å². The Hall–Kier alpha value is -2.22. The summed E-state index contributed by atoms with van der Waals surface area (Å²) in [6, 6.07) is 10.2. The number of nitrogens with one attached hydrogen (secondary N) is 1. The molecule has 0 amide bonds. The van der Waals surface area contributed by atoms with Crippen LogP contribution < -0.4 is 5.32 Å². The first kappa shape index (κ1) is 21.8. The fourth-order valence-corrected chi connectivity index (χ4v) is 2.48. The number of carbonyl (C=O) groups is 2. The van der Waals surface area contributed by atoms with Gasteiger partial charge >= 0.3 is 11.9 Å². The Balaban J connectivity index is 0.000000359. The van der Waals surface area contributed by atoms with E-state index in [9.17, 15) is 14.7 Å². The molecule has 0 heterocycles.